The number of nitrogens with one attached hydrogen (secondary N) is 2. The number of hydrogen-bond acceptors (Lipinski definition) is 5. The minimum Gasteiger partial charge on any atom is -0.445 e. The number of aryl methyl sites for hydroxylation is 1. The van der Waals surface area contributed by atoms with Crippen LogP contribution in [0.4, 0.5) is 4.79 Å². The predicted octanol–water partition coefficient (Wildman–Crippen LogP) is 3.78. The van der Waals surface area contributed by atoms with Gasteiger partial charge in [-0.3, -0.25) is 14.4 Å². The lowest BCUT2D eigenvalue weighted by Crippen LogP contribution is -2.44. The second kappa shape index (κ2) is 12.8. The van der Waals surface area contributed by atoms with Crippen molar-refractivity contribution in [2.75, 3.05) is 6.54 Å². The average Bonchev–Trinajstić information content (AvgIpc) is 2.85. The molecule has 7 nitrogen and oxygen atoms in total. The average molecular weight is 479 g/mol. The van der Waals surface area contributed by atoms with E-state index in [2.05, 4.69) is 10.6 Å². The van der Waals surface area contributed by atoms with Gasteiger partial charge in [-0.1, -0.05) is 68.4 Å². The quantitative estimate of drug-likeness (QED) is 0.563. The minimum atomic E-state index is -0.807. The van der Waals surface area contributed by atoms with Crippen molar-refractivity contribution in [3.63, 3.8) is 0 Å². The van der Waals surface area contributed by atoms with E-state index in [-0.39, 0.29) is 24.7 Å². The molecule has 1 aliphatic rings. The van der Waals surface area contributed by atoms with Crippen LogP contribution in [-0.4, -0.2) is 36.2 Å². The van der Waals surface area contributed by atoms with Crippen molar-refractivity contribution in [2.45, 2.75) is 58.6 Å². The number of carbonyl (C=O) groups is 4. The summed E-state index contributed by atoms with van der Waals surface area (Å²) in [5.41, 5.74) is 2.89. The number of benzene rings is 2. The second-order valence-corrected chi connectivity index (χ2v) is 9.50. The Kier molecular flexibility index (Phi) is 9.58. The van der Waals surface area contributed by atoms with Crippen LogP contribution in [0.2, 0.25) is 0 Å². The highest BCUT2D eigenvalue weighted by Crippen LogP contribution is 2.20. The van der Waals surface area contributed by atoms with Crippen LogP contribution in [0.3, 0.4) is 0 Å². The molecule has 1 aliphatic heterocycles. The molecule has 0 saturated carbocycles. The molecule has 2 bridgehead atoms. The fraction of sp³-hybridized carbons (Fsp3) is 0.429. The number of amides is 2. The molecule has 35 heavy (non-hydrogen) atoms. The molecule has 2 aromatic carbocycles. The zero-order valence-corrected chi connectivity index (χ0v) is 20.4. The van der Waals surface area contributed by atoms with E-state index in [4.69, 9.17) is 4.74 Å². The van der Waals surface area contributed by atoms with Crippen molar-refractivity contribution in [3.8, 4) is 0 Å². The van der Waals surface area contributed by atoms with Crippen molar-refractivity contribution in [2.24, 2.45) is 11.8 Å². The summed E-state index contributed by atoms with van der Waals surface area (Å²) >= 11 is 0. The first-order chi connectivity index (χ1) is 16.8. The summed E-state index contributed by atoms with van der Waals surface area (Å²) in [6.07, 6.45) is 1.41. The van der Waals surface area contributed by atoms with Gasteiger partial charge in [0.25, 0.3) is 5.91 Å². The number of rotatable bonds is 8. The van der Waals surface area contributed by atoms with Crippen LogP contribution in [0.15, 0.2) is 54.6 Å². The molecule has 7 heteroatoms. The van der Waals surface area contributed by atoms with Crippen LogP contribution < -0.4 is 10.6 Å². The first-order valence-electron chi connectivity index (χ1n) is 12.2. The predicted molar refractivity (Wildman–Crippen MR) is 133 cm³/mol. The van der Waals surface area contributed by atoms with Crippen LogP contribution in [0.5, 0.6) is 0 Å². The normalized spacial score (nSPS) is 17.2. The highest BCUT2D eigenvalue weighted by atomic mass is 16.5. The number of alkyl carbamates (subject to hydrolysis) is 1. The summed E-state index contributed by atoms with van der Waals surface area (Å²) in [6.45, 7) is 4.40. The molecular formula is C28H34N2O5. The third-order valence-corrected chi connectivity index (χ3v) is 6.04. The van der Waals surface area contributed by atoms with Gasteiger partial charge in [0.1, 0.15) is 6.61 Å². The number of Topliss-reactive ketones (excluding diaryl/α,β-unsaturated/α-hetero) is 2. The first-order valence-corrected chi connectivity index (χ1v) is 12.2. The molecule has 0 fully saturated rings. The fourth-order valence-corrected chi connectivity index (χ4v) is 4.26. The highest BCUT2D eigenvalue weighted by molar-refractivity contribution is 6.37. The van der Waals surface area contributed by atoms with Gasteiger partial charge in [0.15, 0.2) is 5.78 Å². The number of fused-ring (bicyclic) bond motifs is 2. The Morgan fingerprint density at radius 2 is 1.80 bits per heavy atom. The van der Waals surface area contributed by atoms with Gasteiger partial charge in [0.05, 0.1) is 6.04 Å². The summed E-state index contributed by atoms with van der Waals surface area (Å²) in [5, 5.41) is 5.36. The van der Waals surface area contributed by atoms with E-state index in [0.29, 0.717) is 19.4 Å². The van der Waals surface area contributed by atoms with Gasteiger partial charge in [0, 0.05) is 18.9 Å². The minimum absolute atomic E-state index is 0.0902. The van der Waals surface area contributed by atoms with Crippen molar-refractivity contribution in [1.29, 1.82) is 0 Å². The van der Waals surface area contributed by atoms with Gasteiger partial charge >= 0.3 is 6.09 Å². The van der Waals surface area contributed by atoms with E-state index >= 15 is 0 Å². The highest BCUT2D eigenvalue weighted by Gasteiger charge is 2.32. The Bertz CT molecular complexity index is 1030. The molecule has 2 atom stereocenters. The standard InChI is InChI=1S/C28H34N2O5/c1-19(2)14-24(30-28(34)35-18-21-8-4-3-5-9-21)25(31)17-23-16-22-11-6-10-20(15-22)12-7-13-29-27(33)26(23)32/h3-6,8-11,15,19,23-24H,7,12-14,16-18H2,1-2H3,(H,29,33)(H,30,34). The summed E-state index contributed by atoms with van der Waals surface area (Å²) in [5.74, 6) is -2.21. The largest absolute Gasteiger partial charge is 0.445 e. The van der Waals surface area contributed by atoms with Crippen molar-refractivity contribution in [3.05, 3.63) is 71.3 Å². The van der Waals surface area contributed by atoms with Crippen LogP contribution in [-0.2, 0) is 38.6 Å². The number of carbonyl (C=O) groups excluding carboxylic acids is 4. The van der Waals surface area contributed by atoms with Crippen LogP contribution in [0, 0.1) is 11.8 Å². The van der Waals surface area contributed by atoms with E-state index in [1.54, 1.807) is 0 Å². The zero-order chi connectivity index (χ0) is 25.2. The molecule has 0 aliphatic carbocycles. The van der Waals surface area contributed by atoms with Gasteiger partial charge in [0.2, 0.25) is 5.78 Å². The molecule has 0 spiro atoms. The van der Waals surface area contributed by atoms with E-state index in [1.165, 1.54) is 0 Å². The molecule has 0 saturated heterocycles. The molecule has 0 radical (unpaired) electrons. The van der Waals surface area contributed by atoms with Crippen LogP contribution in [0.25, 0.3) is 0 Å². The van der Waals surface area contributed by atoms with Crippen LogP contribution in [0.1, 0.15) is 49.8 Å². The summed E-state index contributed by atoms with van der Waals surface area (Å²) in [4.78, 5) is 51.2. The van der Waals surface area contributed by atoms with Gasteiger partial charge < -0.3 is 15.4 Å². The maximum Gasteiger partial charge on any atom is 0.408 e. The molecular weight excluding hydrogens is 444 g/mol. The smallest absolute Gasteiger partial charge is 0.408 e. The molecule has 2 aromatic rings. The summed E-state index contributed by atoms with van der Waals surface area (Å²) < 4.78 is 5.30. The number of hydrogen-bond donors (Lipinski definition) is 2. The van der Waals surface area contributed by atoms with Gasteiger partial charge in [-0.25, -0.2) is 4.79 Å². The third kappa shape index (κ3) is 8.35. The molecule has 3 rings (SSSR count). The molecule has 186 valence electrons. The van der Waals surface area contributed by atoms with Crippen molar-refractivity contribution >= 4 is 23.6 Å². The maximum atomic E-state index is 13.3. The molecule has 1 heterocycles. The Hall–Kier alpha value is -3.48. The Morgan fingerprint density at radius 3 is 2.54 bits per heavy atom. The fourth-order valence-electron chi connectivity index (χ4n) is 4.26. The lowest BCUT2D eigenvalue weighted by Gasteiger charge is -2.22. The number of ketones is 2. The Balaban J connectivity index is 1.70. The first kappa shape index (κ1) is 26.1. The topological polar surface area (TPSA) is 102 Å². The Labute approximate surface area is 206 Å². The molecule has 2 unspecified atom stereocenters. The lowest BCUT2D eigenvalue weighted by molar-refractivity contribution is -0.141. The van der Waals surface area contributed by atoms with Crippen LogP contribution >= 0.6 is 0 Å². The second-order valence-electron chi connectivity index (χ2n) is 9.50. The maximum absolute atomic E-state index is 13.3. The monoisotopic (exact) mass is 478 g/mol. The summed E-state index contributed by atoms with van der Waals surface area (Å²) in [7, 11) is 0. The Morgan fingerprint density at radius 1 is 1.06 bits per heavy atom. The summed E-state index contributed by atoms with van der Waals surface area (Å²) in [6, 6.07) is 16.4. The van der Waals surface area contributed by atoms with Gasteiger partial charge in [-0.05, 0) is 48.3 Å². The van der Waals surface area contributed by atoms with E-state index < -0.39 is 29.7 Å². The SMILES string of the molecule is CC(C)CC(NC(=O)OCc1ccccc1)C(=O)CC1Cc2cccc(c2)CCCNC(=O)C1=O. The van der Waals surface area contributed by atoms with Gasteiger partial charge in [-0.15, -0.1) is 0 Å². The lowest BCUT2D eigenvalue weighted by atomic mass is 9.86. The van der Waals surface area contributed by atoms with Crippen molar-refractivity contribution < 1.29 is 23.9 Å². The molecule has 2 N–H and O–H groups in total. The number of ether oxygens (including phenoxy) is 1. The molecule has 0 aromatic heterocycles. The third-order valence-electron chi connectivity index (χ3n) is 6.04. The van der Waals surface area contributed by atoms with E-state index in [9.17, 15) is 19.2 Å². The van der Waals surface area contributed by atoms with Crippen molar-refractivity contribution in [1.82, 2.24) is 10.6 Å². The van der Waals surface area contributed by atoms with E-state index in [0.717, 1.165) is 29.5 Å². The molecule has 2 amide bonds. The van der Waals surface area contributed by atoms with Gasteiger partial charge in [-0.2, -0.15) is 0 Å². The zero-order valence-electron chi connectivity index (χ0n) is 20.4. The van der Waals surface area contributed by atoms with E-state index in [1.807, 2.05) is 68.4 Å².